The van der Waals surface area contributed by atoms with Gasteiger partial charge in [-0.15, -0.1) is 0 Å². The molecule has 5 heteroatoms. The lowest BCUT2D eigenvalue weighted by Gasteiger charge is -2.28. The van der Waals surface area contributed by atoms with E-state index in [1.807, 2.05) is 6.07 Å². The van der Waals surface area contributed by atoms with Gasteiger partial charge in [-0.3, -0.25) is 0 Å². The van der Waals surface area contributed by atoms with E-state index in [0.29, 0.717) is 0 Å². The summed E-state index contributed by atoms with van der Waals surface area (Å²) < 4.78 is 9.04. The Morgan fingerprint density at radius 3 is 1.95 bits per heavy atom. The molecular formula is C53H36BN3O. The molecule has 0 atom stereocenters. The maximum Gasteiger partial charge on any atom is 0.198 e. The number of para-hydroxylation sites is 4. The summed E-state index contributed by atoms with van der Waals surface area (Å²) in [6.45, 7) is 2.13. The maximum atomic E-state index is 6.51. The lowest BCUT2D eigenvalue weighted by Crippen LogP contribution is -2.37. The predicted octanol–water partition coefficient (Wildman–Crippen LogP) is 12.7. The van der Waals surface area contributed by atoms with Crippen LogP contribution < -0.4 is 21.1 Å². The van der Waals surface area contributed by atoms with Crippen molar-refractivity contribution in [2.45, 2.75) is 6.92 Å². The van der Waals surface area contributed by atoms with Gasteiger partial charge in [-0.25, -0.2) is 0 Å². The molecule has 0 unspecified atom stereocenters. The van der Waals surface area contributed by atoms with Gasteiger partial charge in [-0.05, 0) is 102 Å². The molecule has 12 rings (SSSR count). The first-order valence-electron chi connectivity index (χ1n) is 20.0. The van der Waals surface area contributed by atoms with Crippen LogP contribution in [0.1, 0.15) is 5.56 Å². The Balaban J connectivity index is 1.17. The van der Waals surface area contributed by atoms with Crippen molar-refractivity contribution in [1.82, 2.24) is 4.57 Å². The molecule has 0 radical (unpaired) electrons. The van der Waals surface area contributed by atoms with Crippen LogP contribution in [0, 0.1) is 6.92 Å². The van der Waals surface area contributed by atoms with Crippen LogP contribution in [-0.2, 0) is 0 Å². The minimum absolute atomic E-state index is 0.765. The number of aromatic nitrogens is 1. The van der Waals surface area contributed by atoms with Crippen LogP contribution in [-0.4, -0.2) is 11.8 Å². The summed E-state index contributed by atoms with van der Waals surface area (Å²) in [5.74, 6) is 0. The van der Waals surface area contributed by atoms with Gasteiger partial charge >= 0.3 is 0 Å². The molecule has 1 aliphatic heterocycles. The number of hydrogen-bond acceptors (Lipinski definition) is 3. The number of nitrogens with zero attached hydrogens (tertiary/aromatic N) is 2. The molecule has 0 bridgehead atoms. The average molecular weight is 742 g/mol. The molecule has 0 saturated heterocycles. The van der Waals surface area contributed by atoms with Crippen LogP contribution >= 0.6 is 0 Å². The molecule has 0 fully saturated rings. The Labute approximate surface area is 336 Å². The van der Waals surface area contributed by atoms with Crippen LogP contribution in [0.3, 0.4) is 0 Å². The van der Waals surface area contributed by atoms with Gasteiger partial charge in [-0.1, -0.05) is 126 Å². The average Bonchev–Trinajstić information content (AvgIpc) is 3.82. The SMILES string of the molecule is Cc1ccc(Nc2cc(N(c3ccccc3)c3ccccc3)ccc2-c2c3c4c(c5ccccc25)c2ccccc2n4-c2cc4c(cc2B3)oc2ccccc24)cc1. The van der Waals surface area contributed by atoms with Crippen molar-refractivity contribution in [3.05, 3.63) is 194 Å². The minimum Gasteiger partial charge on any atom is -0.456 e. The minimum atomic E-state index is 0.765. The molecule has 4 nitrogen and oxygen atoms in total. The van der Waals surface area contributed by atoms with Gasteiger partial charge in [0.15, 0.2) is 7.28 Å². The van der Waals surface area contributed by atoms with Gasteiger partial charge < -0.3 is 19.2 Å². The lowest BCUT2D eigenvalue weighted by molar-refractivity contribution is 0.669. The van der Waals surface area contributed by atoms with E-state index < -0.39 is 0 Å². The molecule has 0 aliphatic carbocycles. The molecule has 58 heavy (non-hydrogen) atoms. The monoisotopic (exact) mass is 741 g/mol. The third-order valence-electron chi connectivity index (χ3n) is 12.0. The van der Waals surface area contributed by atoms with E-state index in [0.717, 1.165) is 63.2 Å². The molecular weight excluding hydrogens is 705 g/mol. The van der Waals surface area contributed by atoms with Gasteiger partial charge in [0.2, 0.25) is 0 Å². The number of anilines is 5. The van der Waals surface area contributed by atoms with Crippen molar-refractivity contribution in [2.75, 3.05) is 10.2 Å². The Morgan fingerprint density at radius 2 is 1.19 bits per heavy atom. The van der Waals surface area contributed by atoms with Gasteiger partial charge in [-0.2, -0.15) is 0 Å². The zero-order valence-corrected chi connectivity index (χ0v) is 31.9. The maximum absolute atomic E-state index is 6.51. The lowest BCUT2D eigenvalue weighted by atomic mass is 9.58. The smallest absolute Gasteiger partial charge is 0.198 e. The summed E-state index contributed by atoms with van der Waals surface area (Å²) in [6, 6.07) is 67.9. The first kappa shape index (κ1) is 32.7. The first-order chi connectivity index (χ1) is 28.7. The van der Waals surface area contributed by atoms with E-state index in [1.165, 1.54) is 60.3 Å². The summed E-state index contributed by atoms with van der Waals surface area (Å²) >= 11 is 0. The highest BCUT2D eigenvalue weighted by molar-refractivity contribution is 6.74. The Hall–Kier alpha value is -7.50. The highest BCUT2D eigenvalue weighted by atomic mass is 16.3. The highest BCUT2D eigenvalue weighted by Crippen LogP contribution is 2.46. The number of fused-ring (bicyclic) bond motifs is 10. The highest BCUT2D eigenvalue weighted by Gasteiger charge is 2.30. The van der Waals surface area contributed by atoms with Crippen molar-refractivity contribution in [3.8, 4) is 16.8 Å². The molecule has 9 aromatic carbocycles. The summed E-state index contributed by atoms with van der Waals surface area (Å²) in [5.41, 5.74) is 17.1. The second-order valence-electron chi connectivity index (χ2n) is 15.5. The largest absolute Gasteiger partial charge is 0.456 e. The van der Waals surface area contributed by atoms with Crippen LogP contribution in [0.2, 0.25) is 0 Å². The Kier molecular flexibility index (Phi) is 7.20. The Morgan fingerprint density at radius 1 is 0.534 bits per heavy atom. The molecule has 272 valence electrons. The number of nitrogens with one attached hydrogen (secondary N) is 1. The third-order valence-corrected chi connectivity index (χ3v) is 12.0. The number of rotatable bonds is 6. The zero-order chi connectivity index (χ0) is 38.3. The van der Waals surface area contributed by atoms with E-state index >= 15 is 0 Å². The summed E-state index contributed by atoms with van der Waals surface area (Å²) in [6.07, 6.45) is 0. The van der Waals surface area contributed by atoms with E-state index in [4.69, 9.17) is 4.42 Å². The summed E-state index contributed by atoms with van der Waals surface area (Å²) in [4.78, 5) is 2.34. The fourth-order valence-corrected chi connectivity index (χ4v) is 9.46. The first-order valence-corrected chi connectivity index (χ1v) is 20.0. The fraction of sp³-hybridized carbons (Fsp3) is 0.0189. The quantitative estimate of drug-likeness (QED) is 0.172. The number of aryl methyl sites for hydroxylation is 1. The topological polar surface area (TPSA) is 33.3 Å². The van der Waals surface area contributed by atoms with Crippen molar-refractivity contribution in [2.24, 2.45) is 0 Å². The second kappa shape index (κ2) is 12.8. The predicted molar refractivity (Wildman–Crippen MR) is 247 cm³/mol. The zero-order valence-electron chi connectivity index (χ0n) is 31.9. The van der Waals surface area contributed by atoms with E-state index in [2.05, 4.69) is 204 Å². The number of hydrogen-bond donors (Lipinski definition) is 1. The molecule has 1 N–H and O–H groups in total. The fourth-order valence-electron chi connectivity index (χ4n) is 9.46. The van der Waals surface area contributed by atoms with Crippen LogP contribution in [0.5, 0.6) is 0 Å². The van der Waals surface area contributed by atoms with Crippen LogP contribution in [0.25, 0.3) is 71.3 Å². The normalized spacial score (nSPS) is 12.0. The molecule has 3 heterocycles. The van der Waals surface area contributed by atoms with E-state index in [9.17, 15) is 0 Å². The summed E-state index contributed by atoms with van der Waals surface area (Å²) in [5, 5.41) is 11.3. The van der Waals surface area contributed by atoms with Gasteiger partial charge in [0.25, 0.3) is 0 Å². The number of benzene rings is 9. The van der Waals surface area contributed by atoms with Crippen molar-refractivity contribution < 1.29 is 4.42 Å². The van der Waals surface area contributed by atoms with Crippen LogP contribution in [0.15, 0.2) is 192 Å². The second-order valence-corrected chi connectivity index (χ2v) is 15.5. The van der Waals surface area contributed by atoms with Gasteiger partial charge in [0.1, 0.15) is 11.2 Å². The number of furan rings is 1. The molecule has 0 amide bonds. The molecule has 11 aromatic rings. The molecule has 1 aliphatic rings. The van der Waals surface area contributed by atoms with E-state index in [-0.39, 0.29) is 0 Å². The molecule has 2 aromatic heterocycles. The van der Waals surface area contributed by atoms with Gasteiger partial charge in [0, 0.05) is 66.7 Å². The van der Waals surface area contributed by atoms with Crippen molar-refractivity contribution >= 4 is 101 Å². The third kappa shape index (κ3) is 4.96. The standard InChI is InChI=1S/C53H36BN3O/c1-33-24-26-34(27-25-33)55-45-30-37(56(35-14-4-2-5-15-35)36-16-6-3-7-17-36)28-29-41(45)50-39-19-8-9-20-40(39)51-42-21-10-12-22-46(42)57-47-31-43-38-18-11-13-23-48(38)58-49(43)32-44(47)54-52(50)53(51)57/h2-32,54-55H,1H3. The summed E-state index contributed by atoms with van der Waals surface area (Å²) in [7, 11) is 0.765. The van der Waals surface area contributed by atoms with Crippen molar-refractivity contribution in [1.29, 1.82) is 0 Å². The van der Waals surface area contributed by atoms with E-state index in [1.54, 1.807) is 0 Å². The molecule has 0 spiro atoms. The van der Waals surface area contributed by atoms with Gasteiger partial charge in [0.05, 0.1) is 5.52 Å². The molecule has 0 saturated carbocycles. The van der Waals surface area contributed by atoms with Crippen LogP contribution in [0.4, 0.5) is 28.4 Å². The Bertz CT molecular complexity index is 3360. The van der Waals surface area contributed by atoms with Crippen molar-refractivity contribution in [3.63, 3.8) is 0 Å².